The predicted octanol–water partition coefficient (Wildman–Crippen LogP) is 1.21. The van der Waals surface area contributed by atoms with E-state index >= 15 is 0 Å². The Morgan fingerprint density at radius 1 is 1.57 bits per heavy atom. The molecule has 0 saturated heterocycles. The lowest BCUT2D eigenvalue weighted by molar-refractivity contribution is 0.507. The third kappa shape index (κ3) is 3.38. The molecule has 1 atom stereocenters. The second-order valence-electron chi connectivity index (χ2n) is 4.13. The van der Waals surface area contributed by atoms with Gasteiger partial charge in [-0.25, -0.2) is 4.98 Å². The number of aryl methyl sites for hydroxylation is 1. The first-order valence-electron chi connectivity index (χ1n) is 5.06. The van der Waals surface area contributed by atoms with Crippen molar-refractivity contribution in [3.8, 4) is 0 Å². The van der Waals surface area contributed by atoms with Gasteiger partial charge >= 0.3 is 0 Å². The molecule has 1 rings (SSSR count). The lowest BCUT2D eigenvalue weighted by atomic mass is 10.0. The summed E-state index contributed by atoms with van der Waals surface area (Å²) < 4.78 is 1.95. The van der Waals surface area contributed by atoms with Crippen molar-refractivity contribution in [2.24, 2.45) is 18.7 Å². The number of aromatic nitrogens is 2. The van der Waals surface area contributed by atoms with Crippen LogP contribution >= 0.6 is 0 Å². The lowest BCUT2D eigenvalue weighted by Gasteiger charge is -2.15. The summed E-state index contributed by atoms with van der Waals surface area (Å²) in [5.41, 5.74) is 5.94. The number of rotatable bonds is 5. The van der Waals surface area contributed by atoms with E-state index in [-0.39, 0.29) is 6.04 Å². The maximum Gasteiger partial charge on any atom is 0.202 e. The molecule has 0 aliphatic rings. The van der Waals surface area contributed by atoms with Crippen LogP contribution < -0.4 is 11.1 Å². The summed E-state index contributed by atoms with van der Waals surface area (Å²) in [5.74, 6) is 1.53. The van der Waals surface area contributed by atoms with Crippen LogP contribution in [-0.4, -0.2) is 22.1 Å². The van der Waals surface area contributed by atoms with Gasteiger partial charge in [0.15, 0.2) is 0 Å². The van der Waals surface area contributed by atoms with Crippen molar-refractivity contribution in [2.75, 3.05) is 11.9 Å². The van der Waals surface area contributed by atoms with E-state index in [1.165, 1.54) is 0 Å². The van der Waals surface area contributed by atoms with Gasteiger partial charge in [-0.3, -0.25) is 0 Å². The number of hydrogen-bond donors (Lipinski definition) is 2. The summed E-state index contributed by atoms with van der Waals surface area (Å²) in [6.45, 7) is 5.14. The maximum atomic E-state index is 5.94. The normalized spacial score (nSPS) is 13.2. The summed E-state index contributed by atoms with van der Waals surface area (Å²) in [6, 6.07) is 0.201. The molecule has 1 heterocycles. The third-order valence-corrected chi connectivity index (χ3v) is 2.12. The van der Waals surface area contributed by atoms with Gasteiger partial charge in [-0.1, -0.05) is 13.8 Å². The molecule has 1 aromatic heterocycles. The van der Waals surface area contributed by atoms with E-state index in [9.17, 15) is 0 Å². The zero-order valence-electron chi connectivity index (χ0n) is 9.20. The van der Waals surface area contributed by atoms with Crippen LogP contribution in [0.5, 0.6) is 0 Å². The van der Waals surface area contributed by atoms with Crippen LogP contribution in [0.1, 0.15) is 20.3 Å². The number of imidazole rings is 1. The first kappa shape index (κ1) is 11.0. The van der Waals surface area contributed by atoms with E-state index in [2.05, 4.69) is 24.1 Å². The van der Waals surface area contributed by atoms with Gasteiger partial charge in [0, 0.05) is 32.0 Å². The van der Waals surface area contributed by atoms with Gasteiger partial charge in [0.05, 0.1) is 0 Å². The van der Waals surface area contributed by atoms with Gasteiger partial charge in [-0.2, -0.15) is 0 Å². The number of nitrogens with one attached hydrogen (secondary N) is 1. The summed E-state index contributed by atoms with van der Waals surface area (Å²) in [6.07, 6.45) is 4.73. The number of anilines is 1. The minimum absolute atomic E-state index is 0.201. The fourth-order valence-corrected chi connectivity index (χ4v) is 1.45. The van der Waals surface area contributed by atoms with E-state index in [0.29, 0.717) is 5.92 Å². The van der Waals surface area contributed by atoms with Crippen molar-refractivity contribution in [1.82, 2.24) is 9.55 Å². The van der Waals surface area contributed by atoms with Gasteiger partial charge in [0.2, 0.25) is 5.95 Å². The minimum Gasteiger partial charge on any atom is -0.354 e. The van der Waals surface area contributed by atoms with Crippen LogP contribution in [0.2, 0.25) is 0 Å². The molecule has 1 aromatic rings. The van der Waals surface area contributed by atoms with Crippen LogP contribution in [0.15, 0.2) is 12.4 Å². The molecule has 1 unspecified atom stereocenters. The minimum atomic E-state index is 0.201. The van der Waals surface area contributed by atoms with E-state index < -0.39 is 0 Å². The van der Waals surface area contributed by atoms with Crippen LogP contribution in [0.3, 0.4) is 0 Å². The molecule has 3 N–H and O–H groups in total. The Morgan fingerprint density at radius 3 is 2.79 bits per heavy atom. The van der Waals surface area contributed by atoms with Gasteiger partial charge < -0.3 is 15.6 Å². The third-order valence-electron chi connectivity index (χ3n) is 2.12. The molecule has 0 fully saturated rings. The van der Waals surface area contributed by atoms with Gasteiger partial charge in [0.1, 0.15) is 0 Å². The van der Waals surface area contributed by atoms with Crippen LogP contribution in [0, 0.1) is 5.92 Å². The fourth-order valence-electron chi connectivity index (χ4n) is 1.45. The monoisotopic (exact) mass is 196 g/mol. The van der Waals surface area contributed by atoms with E-state index in [0.717, 1.165) is 18.9 Å². The van der Waals surface area contributed by atoms with E-state index in [1.807, 2.05) is 17.8 Å². The molecule has 0 amide bonds. The highest BCUT2D eigenvalue weighted by atomic mass is 15.2. The van der Waals surface area contributed by atoms with Crippen molar-refractivity contribution in [2.45, 2.75) is 26.3 Å². The molecule has 0 saturated carbocycles. The number of nitrogens with two attached hydrogens (primary N) is 1. The van der Waals surface area contributed by atoms with Crippen molar-refractivity contribution in [3.63, 3.8) is 0 Å². The molecule has 0 spiro atoms. The largest absolute Gasteiger partial charge is 0.354 e. The lowest BCUT2D eigenvalue weighted by Crippen LogP contribution is -2.31. The summed E-state index contributed by atoms with van der Waals surface area (Å²) in [4.78, 5) is 4.16. The van der Waals surface area contributed by atoms with Gasteiger partial charge in [-0.15, -0.1) is 0 Å². The summed E-state index contributed by atoms with van der Waals surface area (Å²) in [7, 11) is 1.96. The van der Waals surface area contributed by atoms with Crippen LogP contribution in [0.25, 0.3) is 0 Å². The smallest absolute Gasteiger partial charge is 0.202 e. The molecule has 0 bridgehead atoms. The highest BCUT2D eigenvalue weighted by Gasteiger charge is 2.06. The Hall–Kier alpha value is -1.03. The van der Waals surface area contributed by atoms with E-state index in [4.69, 9.17) is 5.73 Å². The highest BCUT2D eigenvalue weighted by Crippen LogP contribution is 2.05. The molecule has 4 heteroatoms. The highest BCUT2D eigenvalue weighted by molar-refractivity contribution is 5.25. The SMILES string of the molecule is CC(C)CC(N)CNc1nccn1C. The topological polar surface area (TPSA) is 55.9 Å². The van der Waals surface area contributed by atoms with Crippen molar-refractivity contribution in [1.29, 1.82) is 0 Å². The Morgan fingerprint density at radius 2 is 2.29 bits per heavy atom. The molecule has 0 aliphatic heterocycles. The molecule has 0 aromatic carbocycles. The first-order valence-corrected chi connectivity index (χ1v) is 5.06. The molecule has 14 heavy (non-hydrogen) atoms. The first-order chi connectivity index (χ1) is 6.59. The molecule has 0 radical (unpaired) electrons. The van der Waals surface area contributed by atoms with Gasteiger partial charge in [-0.05, 0) is 12.3 Å². The Balaban J connectivity index is 2.30. The Kier molecular flexibility index (Phi) is 3.95. The summed E-state index contributed by atoms with van der Waals surface area (Å²) in [5, 5.41) is 3.22. The van der Waals surface area contributed by atoms with E-state index in [1.54, 1.807) is 6.20 Å². The predicted molar refractivity (Wildman–Crippen MR) is 59.1 cm³/mol. The van der Waals surface area contributed by atoms with Crippen LogP contribution in [-0.2, 0) is 7.05 Å². The van der Waals surface area contributed by atoms with Gasteiger partial charge in [0.25, 0.3) is 0 Å². The maximum absolute atomic E-state index is 5.94. The molecular formula is C10H20N4. The second kappa shape index (κ2) is 5.00. The van der Waals surface area contributed by atoms with Crippen LogP contribution in [0.4, 0.5) is 5.95 Å². The Bertz CT molecular complexity index is 267. The van der Waals surface area contributed by atoms with Crippen molar-refractivity contribution in [3.05, 3.63) is 12.4 Å². The number of hydrogen-bond acceptors (Lipinski definition) is 3. The molecule has 80 valence electrons. The van der Waals surface area contributed by atoms with Crippen molar-refractivity contribution < 1.29 is 0 Å². The zero-order valence-corrected chi connectivity index (χ0v) is 9.20. The molecule has 4 nitrogen and oxygen atoms in total. The summed E-state index contributed by atoms with van der Waals surface area (Å²) >= 11 is 0. The second-order valence-corrected chi connectivity index (χ2v) is 4.13. The standard InChI is InChI=1S/C10H20N4/c1-8(2)6-9(11)7-13-10-12-4-5-14(10)3/h4-5,8-9H,6-7,11H2,1-3H3,(H,12,13). The van der Waals surface area contributed by atoms with Crippen molar-refractivity contribution >= 4 is 5.95 Å². The average Bonchev–Trinajstić information content (AvgIpc) is 2.46. The number of nitrogens with zero attached hydrogens (tertiary/aromatic N) is 2. The molecule has 0 aliphatic carbocycles. The Labute approximate surface area is 85.5 Å². The quantitative estimate of drug-likeness (QED) is 0.744. The fraction of sp³-hybridized carbons (Fsp3) is 0.700. The molecular weight excluding hydrogens is 176 g/mol. The average molecular weight is 196 g/mol. The zero-order chi connectivity index (χ0) is 10.6.